The van der Waals surface area contributed by atoms with Gasteiger partial charge < -0.3 is 20.6 Å². The Morgan fingerprint density at radius 1 is 1.20 bits per heavy atom. The zero-order valence-electron chi connectivity index (χ0n) is 18.1. The zero-order valence-corrected chi connectivity index (χ0v) is 19.0. The number of carbonyl (C=O) groups is 3. The highest BCUT2D eigenvalue weighted by Crippen LogP contribution is 2.56. The molecule has 1 fully saturated rings. The van der Waals surface area contributed by atoms with Crippen molar-refractivity contribution in [2.75, 3.05) is 6.61 Å². The van der Waals surface area contributed by atoms with E-state index in [0.29, 0.717) is 12.0 Å². The molecule has 2 aliphatic rings. The van der Waals surface area contributed by atoms with Gasteiger partial charge in [-0.2, -0.15) is 0 Å². The summed E-state index contributed by atoms with van der Waals surface area (Å²) >= 11 is 1.60. The summed E-state index contributed by atoms with van der Waals surface area (Å²) in [5.74, 6) is -0.613. The third-order valence-electron chi connectivity index (χ3n) is 5.55. The number of carbonyl (C=O) groups excluding carboxylic acids is 3. The lowest BCUT2D eigenvalue weighted by molar-refractivity contribution is -0.132. The maximum absolute atomic E-state index is 13.4. The van der Waals surface area contributed by atoms with Gasteiger partial charge in [0.2, 0.25) is 11.8 Å². The van der Waals surface area contributed by atoms with Crippen LogP contribution < -0.4 is 10.6 Å². The van der Waals surface area contributed by atoms with Crippen LogP contribution in [0.15, 0.2) is 24.3 Å². The molecular formula is C22H31N3O4S. The van der Waals surface area contributed by atoms with Crippen LogP contribution in [0.5, 0.6) is 0 Å². The van der Waals surface area contributed by atoms with E-state index in [0.717, 1.165) is 5.56 Å². The standard InChI is InChI=1S/C22H31N3O4S/c1-12(2)10-16(18(27)23-13(3)11-26)24-19(28)17-22(4,5)30-21-15-9-7-6-8-14(15)20(29)25(17)21/h6-9,12-13,16-17,21,26H,10-11H2,1-5H3,(H,23,27)(H,24,28)/t13-,16-,17-,21-/m0/s1. The van der Waals surface area contributed by atoms with Gasteiger partial charge in [-0.3, -0.25) is 14.4 Å². The van der Waals surface area contributed by atoms with E-state index >= 15 is 0 Å². The Labute approximate surface area is 182 Å². The normalized spacial score (nSPS) is 23.7. The molecule has 2 heterocycles. The molecule has 0 bridgehead atoms. The average Bonchev–Trinajstić information content (AvgIpc) is 3.10. The molecule has 0 aliphatic carbocycles. The van der Waals surface area contributed by atoms with Crippen LogP contribution in [0, 0.1) is 5.92 Å². The van der Waals surface area contributed by atoms with E-state index in [1.54, 1.807) is 29.7 Å². The minimum atomic E-state index is -0.730. The molecule has 4 atom stereocenters. The van der Waals surface area contributed by atoms with Crippen molar-refractivity contribution in [2.45, 2.75) is 69.3 Å². The van der Waals surface area contributed by atoms with E-state index < -0.39 is 22.9 Å². The number of nitrogens with one attached hydrogen (secondary N) is 2. The van der Waals surface area contributed by atoms with Crippen molar-refractivity contribution in [1.82, 2.24) is 15.5 Å². The first-order valence-electron chi connectivity index (χ1n) is 10.4. The molecule has 7 nitrogen and oxygen atoms in total. The molecule has 8 heteroatoms. The predicted octanol–water partition coefficient (Wildman–Crippen LogP) is 2.06. The molecule has 0 spiro atoms. The second kappa shape index (κ2) is 8.59. The van der Waals surface area contributed by atoms with Crippen LogP contribution in [-0.4, -0.2) is 57.2 Å². The van der Waals surface area contributed by atoms with Crippen LogP contribution in [-0.2, 0) is 9.59 Å². The Morgan fingerprint density at radius 3 is 2.50 bits per heavy atom. The molecule has 2 aliphatic heterocycles. The van der Waals surface area contributed by atoms with E-state index in [2.05, 4.69) is 10.6 Å². The molecule has 164 valence electrons. The first-order chi connectivity index (χ1) is 14.1. The van der Waals surface area contributed by atoms with Crippen molar-refractivity contribution in [3.05, 3.63) is 35.4 Å². The number of rotatable bonds is 7. The topological polar surface area (TPSA) is 98.7 Å². The maximum Gasteiger partial charge on any atom is 0.256 e. The van der Waals surface area contributed by atoms with Crippen molar-refractivity contribution in [3.8, 4) is 0 Å². The molecule has 1 aromatic rings. The summed E-state index contributed by atoms with van der Waals surface area (Å²) in [6.45, 7) is 9.40. The first kappa shape index (κ1) is 22.6. The van der Waals surface area contributed by atoms with Crippen molar-refractivity contribution < 1.29 is 19.5 Å². The number of fused-ring (bicyclic) bond motifs is 3. The fourth-order valence-corrected chi connectivity index (χ4v) is 5.74. The van der Waals surface area contributed by atoms with Crippen molar-refractivity contribution in [2.24, 2.45) is 5.92 Å². The van der Waals surface area contributed by atoms with Gasteiger partial charge in [-0.25, -0.2) is 0 Å². The fourth-order valence-electron chi connectivity index (χ4n) is 4.15. The Hall–Kier alpha value is -2.06. The third kappa shape index (κ3) is 4.21. The molecular weight excluding hydrogens is 402 g/mol. The van der Waals surface area contributed by atoms with Crippen LogP contribution >= 0.6 is 11.8 Å². The fraction of sp³-hybridized carbons (Fsp3) is 0.591. The van der Waals surface area contributed by atoms with Gasteiger partial charge >= 0.3 is 0 Å². The van der Waals surface area contributed by atoms with Gasteiger partial charge in [0, 0.05) is 16.4 Å². The number of aliphatic hydroxyl groups excluding tert-OH is 1. The largest absolute Gasteiger partial charge is 0.394 e. The Kier molecular flexibility index (Phi) is 6.48. The minimum absolute atomic E-state index is 0.146. The van der Waals surface area contributed by atoms with Gasteiger partial charge in [0.1, 0.15) is 17.5 Å². The quantitative estimate of drug-likeness (QED) is 0.611. The molecule has 3 amide bonds. The lowest BCUT2D eigenvalue weighted by atomic mass is 9.98. The third-order valence-corrected chi connectivity index (χ3v) is 7.08. The van der Waals surface area contributed by atoms with E-state index in [4.69, 9.17) is 0 Å². The molecule has 0 unspecified atom stereocenters. The summed E-state index contributed by atoms with van der Waals surface area (Å²) in [4.78, 5) is 40.9. The Morgan fingerprint density at radius 2 is 1.87 bits per heavy atom. The van der Waals surface area contributed by atoms with E-state index in [1.165, 1.54) is 0 Å². The van der Waals surface area contributed by atoms with Crippen molar-refractivity contribution >= 4 is 29.5 Å². The van der Waals surface area contributed by atoms with Gasteiger partial charge in [-0.15, -0.1) is 11.8 Å². The van der Waals surface area contributed by atoms with Crippen molar-refractivity contribution in [1.29, 1.82) is 0 Å². The van der Waals surface area contributed by atoms with Gasteiger partial charge in [-0.05, 0) is 44.7 Å². The SMILES string of the molecule is CC(C)C[C@H](NC(=O)[C@@H]1N2C(=O)c3ccccc3[C@@H]2SC1(C)C)C(=O)N[C@@H](C)CO. The lowest BCUT2D eigenvalue weighted by Gasteiger charge is -2.31. The first-order valence-corrected chi connectivity index (χ1v) is 11.3. The number of hydrogen-bond acceptors (Lipinski definition) is 5. The molecule has 0 aromatic heterocycles. The Bertz CT molecular complexity index is 841. The maximum atomic E-state index is 13.4. The van der Waals surface area contributed by atoms with Crippen LogP contribution in [0.25, 0.3) is 0 Å². The van der Waals surface area contributed by atoms with Gasteiger partial charge in [0.05, 0.1) is 6.61 Å². The average molecular weight is 434 g/mol. The van der Waals surface area contributed by atoms with Crippen LogP contribution in [0.1, 0.15) is 62.3 Å². The summed E-state index contributed by atoms with van der Waals surface area (Å²) < 4.78 is -0.505. The minimum Gasteiger partial charge on any atom is -0.394 e. The molecule has 3 rings (SSSR count). The summed E-state index contributed by atoms with van der Waals surface area (Å²) in [5, 5.41) is 14.7. The summed E-state index contributed by atoms with van der Waals surface area (Å²) in [6.07, 6.45) is 0.466. The highest BCUT2D eigenvalue weighted by molar-refractivity contribution is 8.01. The van der Waals surface area contributed by atoms with Gasteiger partial charge in [-0.1, -0.05) is 32.0 Å². The van der Waals surface area contributed by atoms with Crippen molar-refractivity contribution in [3.63, 3.8) is 0 Å². The number of benzene rings is 1. The number of amides is 3. The molecule has 0 radical (unpaired) electrons. The van der Waals surface area contributed by atoms with Crippen LogP contribution in [0.3, 0.4) is 0 Å². The lowest BCUT2D eigenvalue weighted by Crippen LogP contribution is -2.58. The number of aliphatic hydroxyl groups is 1. The summed E-state index contributed by atoms with van der Waals surface area (Å²) in [7, 11) is 0. The smallest absolute Gasteiger partial charge is 0.256 e. The molecule has 1 saturated heterocycles. The predicted molar refractivity (Wildman–Crippen MR) is 117 cm³/mol. The van der Waals surface area contributed by atoms with Gasteiger partial charge in [0.15, 0.2) is 0 Å². The zero-order chi connectivity index (χ0) is 22.2. The molecule has 1 aromatic carbocycles. The summed E-state index contributed by atoms with van der Waals surface area (Å²) in [6, 6.07) is 5.64. The number of nitrogens with zero attached hydrogens (tertiary/aromatic N) is 1. The van der Waals surface area contributed by atoms with E-state index in [1.807, 2.05) is 45.9 Å². The second-order valence-corrected chi connectivity index (χ2v) is 10.8. The van der Waals surface area contributed by atoms with Crippen LogP contribution in [0.2, 0.25) is 0 Å². The van der Waals surface area contributed by atoms with E-state index in [9.17, 15) is 19.5 Å². The number of hydrogen-bond donors (Lipinski definition) is 3. The monoisotopic (exact) mass is 433 g/mol. The second-order valence-electron chi connectivity index (χ2n) is 9.06. The molecule has 3 N–H and O–H groups in total. The Balaban J connectivity index is 1.83. The van der Waals surface area contributed by atoms with Gasteiger partial charge in [0.25, 0.3) is 5.91 Å². The van der Waals surface area contributed by atoms with Crippen LogP contribution in [0.4, 0.5) is 0 Å². The number of thioether (sulfide) groups is 1. The highest BCUT2D eigenvalue weighted by atomic mass is 32.2. The molecule has 30 heavy (non-hydrogen) atoms. The highest BCUT2D eigenvalue weighted by Gasteiger charge is 2.57. The summed E-state index contributed by atoms with van der Waals surface area (Å²) in [5.41, 5.74) is 1.57. The molecule has 0 saturated carbocycles. The van der Waals surface area contributed by atoms with E-state index in [-0.39, 0.29) is 35.6 Å².